The van der Waals surface area contributed by atoms with Crippen molar-refractivity contribution in [3.63, 3.8) is 0 Å². The molecule has 0 radical (unpaired) electrons. The Morgan fingerprint density at radius 1 is 1.27 bits per heavy atom. The number of hydrogen-bond donors (Lipinski definition) is 3. The molecule has 1 unspecified atom stereocenters. The molecule has 0 bridgehead atoms. The van der Waals surface area contributed by atoms with E-state index in [4.69, 9.17) is 15.3 Å². The second-order valence-electron chi connectivity index (χ2n) is 3.26. The fourth-order valence-corrected chi connectivity index (χ4v) is 1.11. The molecule has 0 aliphatic carbocycles. The first-order chi connectivity index (χ1) is 6.82. The SMILES string of the molecule is CC(c1ccc([N+](=O)[O-])cc1)C(O)(O)O. The Bertz CT molecular complexity index is 354. The van der Waals surface area contributed by atoms with E-state index >= 15 is 0 Å². The molecule has 0 amide bonds. The van der Waals surface area contributed by atoms with Crippen molar-refractivity contribution >= 4 is 5.69 Å². The van der Waals surface area contributed by atoms with Crippen LogP contribution in [-0.4, -0.2) is 26.2 Å². The first kappa shape index (κ1) is 11.6. The van der Waals surface area contributed by atoms with Gasteiger partial charge in [0.25, 0.3) is 11.7 Å². The number of non-ortho nitro benzene ring substituents is 1. The van der Waals surface area contributed by atoms with Crippen LogP contribution in [0.15, 0.2) is 24.3 Å². The van der Waals surface area contributed by atoms with Crippen molar-refractivity contribution in [2.45, 2.75) is 18.8 Å². The molecule has 0 saturated carbocycles. The van der Waals surface area contributed by atoms with Crippen molar-refractivity contribution in [3.05, 3.63) is 39.9 Å². The summed E-state index contributed by atoms with van der Waals surface area (Å²) in [5.41, 5.74) is 0.304. The molecule has 1 aromatic carbocycles. The van der Waals surface area contributed by atoms with Gasteiger partial charge >= 0.3 is 0 Å². The molecule has 0 fully saturated rings. The van der Waals surface area contributed by atoms with Gasteiger partial charge in [-0.2, -0.15) is 0 Å². The number of nitro groups is 1. The minimum Gasteiger partial charge on any atom is -0.343 e. The quantitative estimate of drug-likeness (QED) is 0.381. The van der Waals surface area contributed by atoms with Crippen LogP contribution in [0.25, 0.3) is 0 Å². The minimum absolute atomic E-state index is 0.0923. The lowest BCUT2D eigenvalue weighted by atomic mass is 9.99. The van der Waals surface area contributed by atoms with Crippen LogP contribution in [0.2, 0.25) is 0 Å². The van der Waals surface area contributed by atoms with Crippen molar-refractivity contribution < 1.29 is 20.2 Å². The van der Waals surface area contributed by atoms with Crippen LogP contribution in [0.1, 0.15) is 18.4 Å². The zero-order valence-corrected chi connectivity index (χ0v) is 7.99. The number of nitro benzene ring substituents is 1. The third-order valence-corrected chi connectivity index (χ3v) is 2.18. The number of hydrogen-bond acceptors (Lipinski definition) is 5. The third kappa shape index (κ3) is 2.72. The Morgan fingerprint density at radius 3 is 2.07 bits per heavy atom. The van der Waals surface area contributed by atoms with E-state index in [1.807, 2.05) is 0 Å². The van der Waals surface area contributed by atoms with Crippen molar-refractivity contribution in [2.24, 2.45) is 0 Å². The maximum absolute atomic E-state index is 10.3. The Labute approximate surface area is 85.6 Å². The van der Waals surface area contributed by atoms with Crippen LogP contribution in [0, 0.1) is 10.1 Å². The Balaban J connectivity index is 2.94. The summed E-state index contributed by atoms with van der Waals surface area (Å²) in [5.74, 6) is -3.77. The summed E-state index contributed by atoms with van der Waals surface area (Å²) in [6, 6.07) is 5.19. The highest BCUT2D eigenvalue weighted by atomic mass is 16.7. The molecule has 15 heavy (non-hydrogen) atoms. The van der Waals surface area contributed by atoms with E-state index < -0.39 is 16.8 Å². The molecule has 3 N–H and O–H groups in total. The predicted octanol–water partition coefficient (Wildman–Crippen LogP) is 0.329. The molecule has 0 aliphatic heterocycles. The average molecular weight is 213 g/mol. The number of benzene rings is 1. The Hall–Kier alpha value is -1.50. The molecule has 0 aliphatic rings. The Kier molecular flexibility index (Phi) is 3.04. The number of rotatable bonds is 3. The Morgan fingerprint density at radius 2 is 1.73 bits per heavy atom. The molecule has 1 aromatic rings. The van der Waals surface area contributed by atoms with Gasteiger partial charge in [-0.1, -0.05) is 19.1 Å². The lowest BCUT2D eigenvalue weighted by molar-refractivity contribution is -0.384. The molecule has 0 heterocycles. The van der Waals surface area contributed by atoms with E-state index in [9.17, 15) is 10.1 Å². The zero-order valence-electron chi connectivity index (χ0n) is 7.99. The van der Waals surface area contributed by atoms with E-state index in [0.29, 0.717) is 5.56 Å². The topological polar surface area (TPSA) is 104 Å². The molecule has 6 nitrogen and oxygen atoms in total. The molecule has 0 saturated heterocycles. The summed E-state index contributed by atoms with van der Waals surface area (Å²) >= 11 is 0. The molecular formula is C9H11NO5. The largest absolute Gasteiger partial charge is 0.343 e. The maximum Gasteiger partial charge on any atom is 0.282 e. The van der Waals surface area contributed by atoms with E-state index in [0.717, 1.165) is 0 Å². The van der Waals surface area contributed by atoms with E-state index in [-0.39, 0.29) is 5.69 Å². The average Bonchev–Trinajstić information content (AvgIpc) is 2.15. The van der Waals surface area contributed by atoms with Crippen LogP contribution in [0.5, 0.6) is 0 Å². The van der Waals surface area contributed by atoms with Gasteiger partial charge in [-0.3, -0.25) is 10.1 Å². The summed E-state index contributed by atoms with van der Waals surface area (Å²) in [5, 5.41) is 37.0. The van der Waals surface area contributed by atoms with Gasteiger partial charge in [0, 0.05) is 12.1 Å². The summed E-state index contributed by atoms with van der Waals surface area (Å²) in [6.07, 6.45) is 0. The predicted molar refractivity (Wildman–Crippen MR) is 50.9 cm³/mol. The molecule has 6 heteroatoms. The molecule has 1 rings (SSSR count). The minimum atomic E-state index is -2.82. The van der Waals surface area contributed by atoms with Gasteiger partial charge in [-0.15, -0.1) is 0 Å². The van der Waals surface area contributed by atoms with Gasteiger partial charge < -0.3 is 15.3 Å². The molecule has 0 aromatic heterocycles. The van der Waals surface area contributed by atoms with Gasteiger partial charge in [0.1, 0.15) is 0 Å². The standard InChI is InChI=1S/C9H11NO5/c1-6(9(11,12)13)7-2-4-8(5-3-7)10(14)15/h2-6,11-13H,1H3. The highest BCUT2D eigenvalue weighted by Crippen LogP contribution is 2.25. The van der Waals surface area contributed by atoms with Gasteiger partial charge in [-0.25, -0.2) is 0 Å². The molecule has 1 atom stereocenters. The highest BCUT2D eigenvalue weighted by Gasteiger charge is 2.29. The van der Waals surface area contributed by atoms with Crippen LogP contribution in [0.4, 0.5) is 5.69 Å². The third-order valence-electron chi connectivity index (χ3n) is 2.18. The van der Waals surface area contributed by atoms with E-state index in [1.54, 1.807) is 0 Å². The maximum atomic E-state index is 10.3. The smallest absolute Gasteiger partial charge is 0.282 e. The van der Waals surface area contributed by atoms with Gasteiger partial charge in [0.2, 0.25) is 0 Å². The molecular weight excluding hydrogens is 202 g/mol. The van der Waals surface area contributed by atoms with Crippen molar-refractivity contribution in [3.8, 4) is 0 Å². The van der Waals surface area contributed by atoms with Crippen molar-refractivity contribution in [2.75, 3.05) is 0 Å². The fraction of sp³-hybridized carbons (Fsp3) is 0.333. The number of aliphatic hydroxyl groups is 3. The van der Waals surface area contributed by atoms with Crippen molar-refractivity contribution in [1.29, 1.82) is 0 Å². The lowest BCUT2D eigenvalue weighted by Crippen LogP contribution is -2.33. The summed E-state index contributed by atoms with van der Waals surface area (Å²) < 4.78 is 0. The van der Waals surface area contributed by atoms with E-state index in [2.05, 4.69) is 0 Å². The molecule has 0 spiro atoms. The second kappa shape index (κ2) is 3.93. The van der Waals surface area contributed by atoms with Crippen molar-refractivity contribution in [1.82, 2.24) is 0 Å². The van der Waals surface area contributed by atoms with Gasteiger partial charge in [0.15, 0.2) is 0 Å². The van der Waals surface area contributed by atoms with Crippen LogP contribution >= 0.6 is 0 Å². The highest BCUT2D eigenvalue weighted by molar-refractivity contribution is 5.34. The summed E-state index contributed by atoms with van der Waals surface area (Å²) in [7, 11) is 0. The lowest BCUT2D eigenvalue weighted by Gasteiger charge is -2.22. The van der Waals surface area contributed by atoms with E-state index in [1.165, 1.54) is 31.2 Å². The van der Waals surface area contributed by atoms with Gasteiger partial charge in [-0.05, 0) is 5.56 Å². The second-order valence-corrected chi connectivity index (χ2v) is 3.26. The molecule has 82 valence electrons. The monoisotopic (exact) mass is 213 g/mol. The van der Waals surface area contributed by atoms with Gasteiger partial charge in [0.05, 0.1) is 10.8 Å². The fourth-order valence-electron chi connectivity index (χ4n) is 1.11. The zero-order chi connectivity index (χ0) is 11.6. The van der Waals surface area contributed by atoms with Crippen LogP contribution in [0.3, 0.4) is 0 Å². The number of nitrogens with zero attached hydrogens (tertiary/aromatic N) is 1. The first-order valence-electron chi connectivity index (χ1n) is 4.24. The summed E-state index contributed by atoms with van der Waals surface area (Å²) in [6.45, 7) is 1.39. The van der Waals surface area contributed by atoms with Crippen LogP contribution in [-0.2, 0) is 0 Å². The summed E-state index contributed by atoms with van der Waals surface area (Å²) in [4.78, 5) is 9.78. The van der Waals surface area contributed by atoms with Crippen LogP contribution < -0.4 is 0 Å². The first-order valence-corrected chi connectivity index (χ1v) is 4.24. The normalized spacial score (nSPS) is 13.6.